The van der Waals surface area contributed by atoms with Gasteiger partial charge in [-0.15, -0.1) is 0 Å². The summed E-state index contributed by atoms with van der Waals surface area (Å²) >= 11 is 0. The van der Waals surface area contributed by atoms with Gasteiger partial charge in [0, 0.05) is 13.1 Å². The number of nitrogens with zero attached hydrogens (tertiary/aromatic N) is 1. The van der Waals surface area contributed by atoms with Crippen molar-refractivity contribution in [1.29, 1.82) is 0 Å². The zero-order valence-corrected chi connectivity index (χ0v) is 6.71. The average molecular weight is 141 g/mol. The van der Waals surface area contributed by atoms with E-state index in [0.29, 0.717) is 6.10 Å². The first-order valence-corrected chi connectivity index (χ1v) is 3.82. The van der Waals surface area contributed by atoms with E-state index in [1.54, 1.807) is 0 Å². The van der Waals surface area contributed by atoms with Gasteiger partial charge in [-0.2, -0.15) is 0 Å². The van der Waals surface area contributed by atoms with E-state index in [4.69, 9.17) is 4.74 Å². The van der Waals surface area contributed by atoms with Crippen molar-refractivity contribution in [2.24, 2.45) is 0 Å². The molecule has 0 radical (unpaired) electrons. The van der Waals surface area contributed by atoms with Crippen LogP contribution in [0.5, 0.6) is 0 Å². The van der Waals surface area contributed by atoms with Crippen LogP contribution >= 0.6 is 0 Å². The molecular formula is C8H15NO. The molecule has 0 spiro atoms. The van der Waals surface area contributed by atoms with Gasteiger partial charge in [-0.25, -0.2) is 0 Å². The van der Waals surface area contributed by atoms with Crippen molar-refractivity contribution in [2.75, 3.05) is 20.1 Å². The maximum absolute atomic E-state index is 5.40. The normalized spacial score (nSPS) is 27.6. The van der Waals surface area contributed by atoms with Crippen molar-refractivity contribution in [3.05, 3.63) is 12.3 Å². The molecule has 1 aliphatic heterocycles. The van der Waals surface area contributed by atoms with Crippen molar-refractivity contribution in [1.82, 2.24) is 4.90 Å². The molecule has 0 aliphatic carbocycles. The van der Waals surface area contributed by atoms with Gasteiger partial charge in [0.05, 0.1) is 6.26 Å². The zero-order valence-electron chi connectivity index (χ0n) is 6.71. The Morgan fingerprint density at radius 1 is 1.70 bits per heavy atom. The Balaban J connectivity index is 2.40. The molecule has 1 rings (SSSR count). The molecule has 10 heavy (non-hydrogen) atoms. The van der Waals surface area contributed by atoms with Crippen molar-refractivity contribution in [3.63, 3.8) is 0 Å². The Kier molecular flexibility index (Phi) is 2.75. The van der Waals surface area contributed by atoms with E-state index >= 15 is 0 Å². The lowest BCUT2D eigenvalue weighted by molar-refractivity contribution is 0.117. The highest BCUT2D eigenvalue weighted by molar-refractivity contribution is 4.83. The lowest BCUT2D eigenvalue weighted by Crippen LogP contribution is -2.27. The number of rotatable bonds is 1. The summed E-state index contributed by atoms with van der Waals surface area (Å²) in [7, 11) is 2.11. The van der Waals surface area contributed by atoms with Gasteiger partial charge in [-0.05, 0) is 19.5 Å². The second kappa shape index (κ2) is 3.62. The van der Waals surface area contributed by atoms with Crippen molar-refractivity contribution >= 4 is 0 Å². The summed E-state index contributed by atoms with van der Waals surface area (Å²) in [5, 5.41) is 0. The highest BCUT2D eigenvalue weighted by Crippen LogP contribution is 2.04. The third-order valence-corrected chi connectivity index (χ3v) is 1.75. The molecule has 1 aliphatic rings. The molecule has 0 aromatic rings. The first-order chi connectivity index (χ1) is 4.83. The molecule has 1 atom stereocenters. The van der Waals surface area contributed by atoms with E-state index in [1.807, 2.05) is 6.26 Å². The van der Waals surface area contributed by atoms with Crippen molar-refractivity contribution < 1.29 is 4.74 Å². The summed E-state index contributed by atoms with van der Waals surface area (Å²) in [5.41, 5.74) is 0. The van der Waals surface area contributed by atoms with Crippen LogP contribution in [0.4, 0.5) is 0 Å². The molecular weight excluding hydrogens is 126 g/mol. The average Bonchev–Trinajstić information content (AvgIpc) is 2.13. The van der Waals surface area contributed by atoms with Gasteiger partial charge in [0.1, 0.15) is 6.10 Å². The van der Waals surface area contributed by atoms with Gasteiger partial charge in [0.2, 0.25) is 0 Å². The fraction of sp³-hybridized carbons (Fsp3) is 0.750. The number of hydrogen-bond acceptors (Lipinski definition) is 2. The summed E-state index contributed by atoms with van der Waals surface area (Å²) in [6, 6.07) is 0. The molecule has 0 saturated carbocycles. The molecule has 0 saturated heterocycles. The Labute approximate surface area is 62.5 Å². The maximum atomic E-state index is 5.40. The Morgan fingerprint density at radius 3 is 3.20 bits per heavy atom. The second-order valence-corrected chi connectivity index (χ2v) is 2.76. The molecule has 0 bridgehead atoms. The molecule has 0 amide bonds. The number of likely N-dealkylation sites (N-methyl/N-ethyl adjacent to an activating group) is 1. The Morgan fingerprint density at radius 2 is 2.50 bits per heavy atom. The van der Waals surface area contributed by atoms with Crippen LogP contribution in [0.25, 0.3) is 0 Å². The summed E-state index contributed by atoms with van der Waals surface area (Å²) in [5.74, 6) is 0. The van der Waals surface area contributed by atoms with Crippen LogP contribution in [0, 0.1) is 0 Å². The molecule has 58 valence electrons. The monoisotopic (exact) mass is 141 g/mol. The van der Waals surface area contributed by atoms with E-state index in [1.165, 1.54) is 0 Å². The first-order valence-electron chi connectivity index (χ1n) is 3.82. The van der Waals surface area contributed by atoms with Crippen LogP contribution in [-0.4, -0.2) is 31.1 Å². The predicted molar refractivity (Wildman–Crippen MR) is 41.8 cm³/mol. The fourth-order valence-electron chi connectivity index (χ4n) is 1.08. The van der Waals surface area contributed by atoms with E-state index in [2.05, 4.69) is 24.9 Å². The molecule has 0 N–H and O–H groups in total. The van der Waals surface area contributed by atoms with Gasteiger partial charge in [-0.3, -0.25) is 4.90 Å². The molecule has 2 heteroatoms. The molecule has 2 nitrogen and oxygen atoms in total. The van der Waals surface area contributed by atoms with Gasteiger partial charge in [-0.1, -0.05) is 6.92 Å². The van der Waals surface area contributed by atoms with Gasteiger partial charge in [0.25, 0.3) is 0 Å². The minimum absolute atomic E-state index is 0.392. The largest absolute Gasteiger partial charge is 0.497 e. The third kappa shape index (κ3) is 2.03. The van der Waals surface area contributed by atoms with E-state index < -0.39 is 0 Å². The van der Waals surface area contributed by atoms with Crippen LogP contribution in [0.2, 0.25) is 0 Å². The summed E-state index contributed by atoms with van der Waals surface area (Å²) < 4.78 is 5.40. The number of ether oxygens (including phenoxy) is 1. The fourth-order valence-corrected chi connectivity index (χ4v) is 1.08. The summed E-state index contributed by atoms with van der Waals surface area (Å²) in [4.78, 5) is 2.26. The van der Waals surface area contributed by atoms with E-state index in [-0.39, 0.29) is 0 Å². The molecule has 0 fully saturated rings. The molecule has 1 heterocycles. The second-order valence-electron chi connectivity index (χ2n) is 2.76. The summed E-state index contributed by atoms with van der Waals surface area (Å²) in [6.45, 7) is 4.21. The zero-order chi connectivity index (χ0) is 7.40. The quantitative estimate of drug-likeness (QED) is 0.544. The third-order valence-electron chi connectivity index (χ3n) is 1.75. The lowest BCUT2D eigenvalue weighted by atomic mass is 10.2. The van der Waals surface area contributed by atoms with E-state index in [9.17, 15) is 0 Å². The van der Waals surface area contributed by atoms with Gasteiger partial charge in [0.15, 0.2) is 0 Å². The van der Waals surface area contributed by atoms with Crippen molar-refractivity contribution in [3.8, 4) is 0 Å². The first kappa shape index (κ1) is 7.61. The molecule has 0 aromatic heterocycles. The number of hydrogen-bond donors (Lipinski definition) is 0. The minimum atomic E-state index is 0.392. The topological polar surface area (TPSA) is 12.5 Å². The smallest absolute Gasteiger partial charge is 0.110 e. The molecule has 0 aromatic carbocycles. The predicted octanol–water partition coefficient (Wildman–Crippen LogP) is 1.24. The van der Waals surface area contributed by atoms with Gasteiger partial charge < -0.3 is 4.74 Å². The van der Waals surface area contributed by atoms with Crippen molar-refractivity contribution in [2.45, 2.75) is 19.4 Å². The highest BCUT2D eigenvalue weighted by atomic mass is 16.5. The van der Waals surface area contributed by atoms with Crippen LogP contribution in [0.15, 0.2) is 12.3 Å². The SMILES string of the molecule is CC[C@@H]1CN(C)CC=CO1. The summed E-state index contributed by atoms with van der Waals surface area (Å²) in [6.07, 6.45) is 5.35. The van der Waals surface area contributed by atoms with Gasteiger partial charge >= 0.3 is 0 Å². The van der Waals surface area contributed by atoms with Crippen LogP contribution in [0.1, 0.15) is 13.3 Å². The standard InChI is InChI=1S/C8H15NO/c1-3-8-7-9(2)5-4-6-10-8/h4,6,8H,3,5,7H2,1-2H3/t8-/m1/s1. The highest BCUT2D eigenvalue weighted by Gasteiger charge is 2.10. The van der Waals surface area contributed by atoms with Crippen LogP contribution < -0.4 is 0 Å². The minimum Gasteiger partial charge on any atom is -0.497 e. The van der Waals surface area contributed by atoms with E-state index in [0.717, 1.165) is 19.5 Å². The van der Waals surface area contributed by atoms with Crippen LogP contribution in [0.3, 0.4) is 0 Å². The lowest BCUT2D eigenvalue weighted by Gasteiger charge is -2.17. The van der Waals surface area contributed by atoms with Crippen LogP contribution in [-0.2, 0) is 4.74 Å². The molecule has 0 unspecified atom stereocenters. The maximum Gasteiger partial charge on any atom is 0.110 e. The Hall–Kier alpha value is -0.500. The Bertz CT molecular complexity index is 122.